The average molecular weight is 212 g/mol. The Balaban J connectivity index is 2.39. The molecule has 2 aliphatic heterocycles. The third kappa shape index (κ3) is 1.43. The van der Waals surface area contributed by atoms with Crippen LogP contribution in [0.5, 0.6) is 0 Å². The molecule has 5 heteroatoms. The molecule has 1 saturated heterocycles. The van der Waals surface area contributed by atoms with E-state index in [-0.39, 0.29) is 12.2 Å². The zero-order chi connectivity index (χ0) is 11.0. The van der Waals surface area contributed by atoms with Crippen LogP contribution in [0.2, 0.25) is 0 Å². The van der Waals surface area contributed by atoms with E-state index in [0.717, 1.165) is 12.8 Å². The van der Waals surface area contributed by atoms with Crippen molar-refractivity contribution in [2.24, 2.45) is 0 Å². The molecule has 0 saturated carbocycles. The summed E-state index contributed by atoms with van der Waals surface area (Å²) in [6, 6.07) is 0. The smallest absolute Gasteiger partial charge is 0.337 e. The van der Waals surface area contributed by atoms with Crippen LogP contribution in [0.1, 0.15) is 12.8 Å². The van der Waals surface area contributed by atoms with Crippen molar-refractivity contribution in [2.45, 2.75) is 25.0 Å². The number of carbonyl (C=O) groups excluding carboxylic acids is 2. The molecule has 15 heavy (non-hydrogen) atoms. The minimum absolute atomic E-state index is 0.295. The van der Waals surface area contributed by atoms with Crippen LogP contribution in [0.15, 0.2) is 11.1 Å². The monoisotopic (exact) mass is 212 g/mol. The number of fused-ring (bicyclic) bond motifs is 2. The predicted octanol–water partition coefficient (Wildman–Crippen LogP) is 0.190. The molecule has 0 aliphatic carbocycles. The fourth-order valence-corrected chi connectivity index (χ4v) is 2.11. The molecule has 0 aromatic heterocycles. The lowest BCUT2D eigenvalue weighted by atomic mass is 9.92. The number of esters is 2. The zero-order valence-electron chi connectivity index (χ0n) is 8.61. The van der Waals surface area contributed by atoms with Crippen LogP contribution in [0, 0.1) is 0 Å². The number of carbonyl (C=O) groups is 2. The van der Waals surface area contributed by atoms with E-state index in [4.69, 9.17) is 4.74 Å². The number of hydrogen-bond acceptors (Lipinski definition) is 5. The minimum atomic E-state index is -0.498. The number of ether oxygens (including phenoxy) is 3. The van der Waals surface area contributed by atoms with Crippen molar-refractivity contribution in [1.82, 2.24) is 0 Å². The van der Waals surface area contributed by atoms with E-state index in [9.17, 15) is 9.59 Å². The summed E-state index contributed by atoms with van der Waals surface area (Å²) in [5.74, 6) is -0.995. The summed E-state index contributed by atoms with van der Waals surface area (Å²) in [6.07, 6.45) is 0.929. The molecule has 1 fully saturated rings. The van der Waals surface area contributed by atoms with E-state index in [0.29, 0.717) is 11.1 Å². The van der Waals surface area contributed by atoms with Crippen molar-refractivity contribution in [3.05, 3.63) is 11.1 Å². The van der Waals surface area contributed by atoms with Crippen LogP contribution in [0.25, 0.3) is 0 Å². The summed E-state index contributed by atoms with van der Waals surface area (Å²) in [6.45, 7) is 0. The van der Waals surface area contributed by atoms with Crippen molar-refractivity contribution in [3.8, 4) is 0 Å². The van der Waals surface area contributed by atoms with Gasteiger partial charge < -0.3 is 14.2 Å². The molecule has 5 nitrogen and oxygen atoms in total. The summed E-state index contributed by atoms with van der Waals surface area (Å²) in [4.78, 5) is 22.9. The first-order chi connectivity index (χ1) is 7.19. The quantitative estimate of drug-likeness (QED) is 0.611. The zero-order valence-corrected chi connectivity index (χ0v) is 8.61. The van der Waals surface area contributed by atoms with Gasteiger partial charge in [0.05, 0.1) is 37.6 Å². The van der Waals surface area contributed by atoms with Crippen molar-refractivity contribution >= 4 is 11.9 Å². The SMILES string of the molecule is COC(=O)C1=C(C(=O)OC)[C@H]2CC[C@@H]1O2. The molecule has 0 aromatic carbocycles. The van der Waals surface area contributed by atoms with Gasteiger partial charge in [-0.3, -0.25) is 0 Å². The third-order valence-corrected chi connectivity index (χ3v) is 2.76. The van der Waals surface area contributed by atoms with Crippen molar-refractivity contribution < 1.29 is 23.8 Å². The molecule has 2 aliphatic rings. The van der Waals surface area contributed by atoms with E-state index in [2.05, 4.69) is 9.47 Å². The van der Waals surface area contributed by atoms with Gasteiger partial charge in [-0.15, -0.1) is 0 Å². The van der Waals surface area contributed by atoms with E-state index < -0.39 is 11.9 Å². The maximum absolute atomic E-state index is 11.5. The fourth-order valence-electron chi connectivity index (χ4n) is 2.11. The molecular weight excluding hydrogens is 200 g/mol. The van der Waals surface area contributed by atoms with E-state index in [1.54, 1.807) is 0 Å². The highest BCUT2D eigenvalue weighted by Gasteiger charge is 2.46. The minimum Gasteiger partial charge on any atom is -0.466 e. The van der Waals surface area contributed by atoms with Crippen molar-refractivity contribution in [2.75, 3.05) is 14.2 Å². The van der Waals surface area contributed by atoms with Gasteiger partial charge in [0.1, 0.15) is 0 Å². The Morgan fingerprint density at radius 1 is 1.07 bits per heavy atom. The second kappa shape index (κ2) is 3.66. The first-order valence-corrected chi connectivity index (χ1v) is 4.75. The van der Waals surface area contributed by atoms with Crippen LogP contribution < -0.4 is 0 Å². The highest BCUT2D eigenvalue weighted by molar-refractivity contribution is 6.03. The van der Waals surface area contributed by atoms with Gasteiger partial charge in [-0.05, 0) is 12.8 Å². The number of rotatable bonds is 2. The Hall–Kier alpha value is -1.36. The van der Waals surface area contributed by atoms with Gasteiger partial charge >= 0.3 is 11.9 Å². The van der Waals surface area contributed by atoms with Crippen LogP contribution in [0.3, 0.4) is 0 Å². The molecule has 0 aromatic rings. The molecule has 2 bridgehead atoms. The predicted molar refractivity (Wildman–Crippen MR) is 49.0 cm³/mol. The molecule has 0 N–H and O–H groups in total. The second-order valence-electron chi connectivity index (χ2n) is 3.50. The summed E-state index contributed by atoms with van der Waals surface area (Å²) in [7, 11) is 2.58. The standard InChI is InChI=1S/C10H12O5/c1-13-9(11)7-5-3-4-6(15-5)8(7)10(12)14-2/h5-6H,3-4H2,1-2H3/t5-,6+. The molecule has 0 unspecified atom stereocenters. The summed E-state index contributed by atoms with van der Waals surface area (Å²) in [5.41, 5.74) is 0.668. The van der Waals surface area contributed by atoms with Crippen molar-refractivity contribution in [1.29, 1.82) is 0 Å². The second-order valence-corrected chi connectivity index (χ2v) is 3.50. The summed E-state index contributed by atoms with van der Waals surface area (Å²) >= 11 is 0. The first-order valence-electron chi connectivity index (χ1n) is 4.75. The lowest BCUT2D eigenvalue weighted by Gasteiger charge is -2.12. The third-order valence-electron chi connectivity index (χ3n) is 2.76. The summed E-state index contributed by atoms with van der Waals surface area (Å²) in [5, 5.41) is 0. The molecule has 2 rings (SSSR count). The van der Waals surface area contributed by atoms with Gasteiger partial charge in [0.2, 0.25) is 0 Å². The molecule has 0 radical (unpaired) electrons. The number of methoxy groups -OCH3 is 2. The topological polar surface area (TPSA) is 61.8 Å². The van der Waals surface area contributed by atoms with Crippen LogP contribution in [-0.4, -0.2) is 38.4 Å². The maximum Gasteiger partial charge on any atom is 0.337 e. The van der Waals surface area contributed by atoms with Gasteiger partial charge in [0.25, 0.3) is 0 Å². The van der Waals surface area contributed by atoms with Gasteiger partial charge in [0.15, 0.2) is 0 Å². The van der Waals surface area contributed by atoms with E-state index >= 15 is 0 Å². The average Bonchev–Trinajstić information content (AvgIpc) is 2.86. The van der Waals surface area contributed by atoms with E-state index in [1.807, 2.05) is 0 Å². The Kier molecular flexibility index (Phi) is 2.48. The Morgan fingerprint density at radius 2 is 1.47 bits per heavy atom. The number of hydrogen-bond donors (Lipinski definition) is 0. The van der Waals surface area contributed by atoms with Crippen molar-refractivity contribution in [3.63, 3.8) is 0 Å². The normalized spacial score (nSPS) is 28.1. The molecular formula is C10H12O5. The lowest BCUT2D eigenvalue weighted by molar-refractivity contribution is -0.139. The van der Waals surface area contributed by atoms with Gasteiger partial charge in [-0.25, -0.2) is 9.59 Å². The van der Waals surface area contributed by atoms with Gasteiger partial charge in [0, 0.05) is 0 Å². The van der Waals surface area contributed by atoms with Crippen LogP contribution >= 0.6 is 0 Å². The summed E-state index contributed by atoms with van der Waals surface area (Å²) < 4.78 is 14.7. The maximum atomic E-state index is 11.5. The van der Waals surface area contributed by atoms with Crippen LogP contribution in [-0.2, 0) is 23.8 Å². The molecule has 2 heterocycles. The van der Waals surface area contributed by atoms with Gasteiger partial charge in [-0.1, -0.05) is 0 Å². The highest BCUT2D eigenvalue weighted by Crippen LogP contribution is 2.40. The Bertz CT molecular complexity index is 312. The van der Waals surface area contributed by atoms with Gasteiger partial charge in [-0.2, -0.15) is 0 Å². The highest BCUT2D eigenvalue weighted by atomic mass is 16.5. The van der Waals surface area contributed by atoms with Crippen LogP contribution in [0.4, 0.5) is 0 Å². The first kappa shape index (κ1) is 10.2. The molecule has 82 valence electrons. The Morgan fingerprint density at radius 3 is 1.80 bits per heavy atom. The molecule has 0 amide bonds. The molecule has 0 spiro atoms. The molecule has 2 atom stereocenters. The Labute approximate surface area is 87.0 Å². The van der Waals surface area contributed by atoms with E-state index in [1.165, 1.54) is 14.2 Å². The lowest BCUT2D eigenvalue weighted by Crippen LogP contribution is -2.23. The largest absolute Gasteiger partial charge is 0.466 e. The fraction of sp³-hybridized carbons (Fsp3) is 0.600.